The van der Waals surface area contributed by atoms with Crippen LogP contribution in [0.1, 0.15) is 40.7 Å². The van der Waals surface area contributed by atoms with E-state index in [4.69, 9.17) is 0 Å². The minimum absolute atomic E-state index is 0.0643. The molecule has 12 nitrogen and oxygen atoms in total. The average molecular weight is 581 g/mol. The van der Waals surface area contributed by atoms with Crippen LogP contribution in [0.5, 0.6) is 0 Å². The largest absolute Gasteiger partial charge is 0.381 e. The Bertz CT molecular complexity index is 1640. The normalized spacial score (nSPS) is 12.4. The van der Waals surface area contributed by atoms with Crippen molar-refractivity contribution in [2.75, 3.05) is 0 Å². The highest BCUT2D eigenvalue weighted by atomic mass is 16.5. The molecule has 0 unspecified atom stereocenters. The number of tetrazole rings is 1. The van der Waals surface area contributed by atoms with Crippen molar-refractivity contribution in [3.8, 4) is 22.5 Å². The van der Waals surface area contributed by atoms with Gasteiger partial charge in [0.2, 0.25) is 5.82 Å². The number of benzene rings is 3. The molecule has 0 radical (unpaired) electrons. The Morgan fingerprint density at radius 2 is 1.65 bits per heavy atom. The van der Waals surface area contributed by atoms with Crippen LogP contribution in [0.4, 0.5) is 0 Å². The molecule has 5 N–H and O–H groups in total. The summed E-state index contributed by atoms with van der Waals surface area (Å²) in [5.74, 6) is -1.01. The lowest BCUT2D eigenvalue weighted by Gasteiger charge is -2.34. The van der Waals surface area contributed by atoms with Crippen LogP contribution in [-0.4, -0.2) is 70.0 Å². The third-order valence-electron chi connectivity index (χ3n) is 7.19. The van der Waals surface area contributed by atoms with Crippen molar-refractivity contribution >= 4 is 11.8 Å². The monoisotopic (exact) mass is 580 g/mol. The molecule has 0 spiro atoms. The molecular formula is C31H32N8O4. The van der Waals surface area contributed by atoms with Crippen LogP contribution >= 0.6 is 0 Å². The second-order valence-electron chi connectivity index (χ2n) is 10.1. The summed E-state index contributed by atoms with van der Waals surface area (Å²) >= 11 is 0. The first kappa shape index (κ1) is 29.3. The van der Waals surface area contributed by atoms with E-state index >= 15 is 0 Å². The number of H-pyrrole nitrogens is 2. The molecule has 12 heteroatoms. The van der Waals surface area contributed by atoms with Crippen LogP contribution in [0.3, 0.4) is 0 Å². The van der Waals surface area contributed by atoms with Crippen molar-refractivity contribution in [2.45, 2.75) is 44.9 Å². The fourth-order valence-corrected chi connectivity index (χ4v) is 5.04. The molecule has 2 atom stereocenters. The van der Waals surface area contributed by atoms with Gasteiger partial charge >= 0.3 is 0 Å². The maximum absolute atomic E-state index is 14.0. The van der Waals surface area contributed by atoms with E-state index in [9.17, 15) is 19.9 Å². The molecule has 0 fully saturated rings. The molecule has 0 aliphatic carbocycles. The minimum atomic E-state index is -1.72. The number of hydrogen-bond acceptors (Lipinski definition) is 8. The van der Waals surface area contributed by atoms with Gasteiger partial charge < -0.3 is 10.0 Å². The van der Waals surface area contributed by atoms with Gasteiger partial charge in [-0.05, 0) is 46.4 Å². The first-order valence-electron chi connectivity index (χ1n) is 13.9. The highest BCUT2D eigenvalue weighted by Crippen LogP contribution is 2.30. The molecule has 2 aromatic heterocycles. The van der Waals surface area contributed by atoms with Gasteiger partial charge in [0.1, 0.15) is 5.69 Å². The standard InChI is InChI=1S/C31H32N8O4/c1-2-8-23-18-26(33-32-23)31(42)39(27(28(40)30(41)36-43)17-20-9-4-3-5-10-20)19-21-13-15-22(16-14-21)24-11-6-7-12-25(24)29-34-37-38-35-29/h3-7,9-16,18,27-28,40,43H,2,8,17,19H2,1H3,(H,32,33)(H,36,41)(H,34,35,37,38)/t27-,28-/m1/s1. The van der Waals surface area contributed by atoms with E-state index in [0.29, 0.717) is 5.82 Å². The Balaban J connectivity index is 1.50. The lowest BCUT2D eigenvalue weighted by atomic mass is 9.96. The second-order valence-corrected chi connectivity index (χ2v) is 10.1. The molecule has 0 bridgehead atoms. The fraction of sp³-hybridized carbons (Fsp3) is 0.226. The zero-order valence-electron chi connectivity index (χ0n) is 23.5. The van der Waals surface area contributed by atoms with E-state index in [1.54, 1.807) is 6.07 Å². The zero-order valence-corrected chi connectivity index (χ0v) is 23.5. The summed E-state index contributed by atoms with van der Waals surface area (Å²) in [4.78, 5) is 27.9. The number of aliphatic hydroxyl groups is 1. The molecule has 3 aromatic carbocycles. The van der Waals surface area contributed by atoms with Gasteiger partial charge in [-0.2, -0.15) is 10.3 Å². The number of hydrogen-bond donors (Lipinski definition) is 5. The number of aryl methyl sites for hydroxylation is 1. The summed E-state index contributed by atoms with van der Waals surface area (Å²) in [7, 11) is 0. The second kappa shape index (κ2) is 13.6. The van der Waals surface area contributed by atoms with E-state index in [1.807, 2.05) is 85.8 Å². The quantitative estimate of drug-likeness (QED) is 0.110. The number of nitrogens with one attached hydrogen (secondary N) is 3. The minimum Gasteiger partial charge on any atom is -0.381 e. The predicted octanol–water partition coefficient (Wildman–Crippen LogP) is 3.33. The number of rotatable bonds is 12. The number of aromatic nitrogens is 6. The van der Waals surface area contributed by atoms with Crippen molar-refractivity contribution in [1.29, 1.82) is 0 Å². The SMILES string of the molecule is CCCc1cc(C(=O)N(Cc2ccc(-c3ccccc3-c3nn[nH]n3)cc2)[C@H](Cc2ccccc2)[C@@H](O)C(=O)NO)n[nH]1. The molecule has 5 rings (SSSR count). The highest BCUT2D eigenvalue weighted by molar-refractivity contribution is 5.93. The Morgan fingerprint density at radius 1 is 0.930 bits per heavy atom. The van der Waals surface area contributed by atoms with Crippen LogP contribution in [-0.2, 0) is 24.2 Å². The van der Waals surface area contributed by atoms with Gasteiger partial charge in [-0.3, -0.25) is 19.9 Å². The van der Waals surface area contributed by atoms with Crippen molar-refractivity contribution in [2.24, 2.45) is 0 Å². The van der Waals surface area contributed by atoms with E-state index in [1.165, 1.54) is 10.4 Å². The van der Waals surface area contributed by atoms with E-state index in [-0.39, 0.29) is 18.7 Å². The number of aliphatic hydroxyl groups excluding tert-OH is 1. The molecule has 0 aliphatic rings. The lowest BCUT2D eigenvalue weighted by molar-refractivity contribution is -0.141. The molecule has 2 amide bonds. The topological polar surface area (TPSA) is 173 Å². The highest BCUT2D eigenvalue weighted by Gasteiger charge is 2.35. The summed E-state index contributed by atoms with van der Waals surface area (Å²) in [6, 6.07) is 25.2. The number of amides is 2. The van der Waals surface area contributed by atoms with Gasteiger partial charge in [0.25, 0.3) is 11.8 Å². The van der Waals surface area contributed by atoms with Crippen LogP contribution < -0.4 is 5.48 Å². The molecule has 0 saturated carbocycles. The molecule has 0 aliphatic heterocycles. The summed E-state index contributed by atoms with van der Waals surface area (Å²) in [5, 5.41) is 41.9. The number of nitrogens with zero attached hydrogens (tertiary/aromatic N) is 5. The smallest absolute Gasteiger partial charge is 0.275 e. The van der Waals surface area contributed by atoms with Crippen LogP contribution in [0.2, 0.25) is 0 Å². The molecule has 220 valence electrons. The number of carbonyl (C=O) groups excluding carboxylic acids is 2. The zero-order chi connectivity index (χ0) is 30.2. The third kappa shape index (κ3) is 6.83. The lowest BCUT2D eigenvalue weighted by Crippen LogP contribution is -2.53. The van der Waals surface area contributed by atoms with Gasteiger partial charge in [-0.15, -0.1) is 10.2 Å². The Hall–Kier alpha value is -5.20. The van der Waals surface area contributed by atoms with Crippen molar-refractivity contribution in [1.82, 2.24) is 41.2 Å². The Morgan fingerprint density at radius 3 is 2.33 bits per heavy atom. The summed E-state index contributed by atoms with van der Waals surface area (Å²) in [5.41, 5.74) is 6.68. The summed E-state index contributed by atoms with van der Waals surface area (Å²) < 4.78 is 0. The third-order valence-corrected chi connectivity index (χ3v) is 7.19. The molecular weight excluding hydrogens is 548 g/mol. The summed E-state index contributed by atoms with van der Waals surface area (Å²) in [6.07, 6.45) is 0.0252. The molecule has 0 saturated heterocycles. The average Bonchev–Trinajstić information content (AvgIpc) is 3.76. The van der Waals surface area contributed by atoms with E-state index in [2.05, 4.69) is 30.8 Å². The van der Waals surface area contributed by atoms with Crippen LogP contribution in [0.15, 0.2) is 84.9 Å². The maximum Gasteiger partial charge on any atom is 0.275 e. The number of hydroxylamine groups is 1. The van der Waals surface area contributed by atoms with Crippen molar-refractivity contribution < 1.29 is 19.9 Å². The first-order valence-corrected chi connectivity index (χ1v) is 13.9. The number of aromatic amines is 2. The molecule has 5 aromatic rings. The van der Waals surface area contributed by atoms with Gasteiger partial charge in [-0.1, -0.05) is 92.2 Å². The fourth-order valence-electron chi connectivity index (χ4n) is 5.04. The van der Waals surface area contributed by atoms with E-state index in [0.717, 1.165) is 46.4 Å². The van der Waals surface area contributed by atoms with Crippen molar-refractivity contribution in [3.63, 3.8) is 0 Å². The molecule has 2 heterocycles. The summed E-state index contributed by atoms with van der Waals surface area (Å²) in [6.45, 7) is 2.09. The number of carbonyl (C=O) groups is 2. The van der Waals surface area contributed by atoms with Gasteiger partial charge in [0.15, 0.2) is 6.10 Å². The van der Waals surface area contributed by atoms with Crippen molar-refractivity contribution in [3.05, 3.63) is 107 Å². The predicted molar refractivity (Wildman–Crippen MR) is 157 cm³/mol. The maximum atomic E-state index is 14.0. The van der Waals surface area contributed by atoms with Crippen LogP contribution in [0, 0.1) is 0 Å². The van der Waals surface area contributed by atoms with Gasteiger partial charge in [-0.25, -0.2) is 5.48 Å². The van der Waals surface area contributed by atoms with Gasteiger partial charge in [0, 0.05) is 17.8 Å². The van der Waals surface area contributed by atoms with E-state index < -0.39 is 24.0 Å². The van der Waals surface area contributed by atoms with Gasteiger partial charge in [0.05, 0.1) is 6.04 Å². The van der Waals surface area contributed by atoms with Crippen LogP contribution in [0.25, 0.3) is 22.5 Å². The Labute approximate surface area is 247 Å². The molecule has 43 heavy (non-hydrogen) atoms. The first-order chi connectivity index (χ1) is 21.0. The Kier molecular flexibility index (Phi) is 9.29.